The molecule has 1 N–H and O–H groups in total. The summed E-state index contributed by atoms with van der Waals surface area (Å²) in [5, 5.41) is 7.59. The van der Waals surface area contributed by atoms with Crippen molar-refractivity contribution in [3.63, 3.8) is 0 Å². The fourth-order valence-electron chi connectivity index (χ4n) is 3.01. The number of aryl methyl sites for hydroxylation is 2. The first-order chi connectivity index (χ1) is 10.6. The van der Waals surface area contributed by atoms with Crippen molar-refractivity contribution in [3.05, 3.63) is 30.1 Å². The van der Waals surface area contributed by atoms with E-state index in [9.17, 15) is 9.59 Å². The molecule has 1 atom stereocenters. The maximum absolute atomic E-state index is 12.2. The molecule has 0 bridgehead atoms. The van der Waals surface area contributed by atoms with Crippen molar-refractivity contribution in [2.75, 3.05) is 13.1 Å². The molecule has 3 rings (SSSR count). The minimum Gasteiger partial charge on any atom is -0.348 e. The third-order valence-electron chi connectivity index (χ3n) is 4.48. The number of amides is 2. The molecule has 0 saturated carbocycles. The van der Waals surface area contributed by atoms with Gasteiger partial charge in [0.25, 0.3) is 0 Å². The summed E-state index contributed by atoms with van der Waals surface area (Å²) in [5.74, 6) is -0.242. The van der Waals surface area contributed by atoms with E-state index in [1.165, 1.54) is 24.6 Å². The van der Waals surface area contributed by atoms with Crippen LogP contribution in [-0.4, -0.2) is 39.6 Å². The SMILES string of the molecule is C=CC(=O)N1CC(C(=O)NC(C)c2cc3n(n2)CCCC3)C1. The number of likely N-dealkylation sites (tertiary alicyclic amines) is 1. The second-order valence-electron chi connectivity index (χ2n) is 6.12. The van der Waals surface area contributed by atoms with E-state index in [-0.39, 0.29) is 23.8 Å². The van der Waals surface area contributed by atoms with Crippen molar-refractivity contribution in [3.8, 4) is 0 Å². The maximum atomic E-state index is 12.2. The normalized spacial score (nSPS) is 19.0. The largest absolute Gasteiger partial charge is 0.348 e. The van der Waals surface area contributed by atoms with E-state index in [0.29, 0.717) is 13.1 Å². The maximum Gasteiger partial charge on any atom is 0.246 e. The Labute approximate surface area is 130 Å². The standard InChI is InChI=1S/C16H22N4O2/c1-3-15(21)19-9-12(10-19)16(22)17-11(2)14-8-13-6-4-5-7-20(13)18-14/h3,8,11-12H,1,4-7,9-10H2,2H3,(H,17,22). The minimum absolute atomic E-state index is 0.00779. The zero-order valence-corrected chi connectivity index (χ0v) is 12.9. The Balaban J connectivity index is 1.55. The molecule has 1 fully saturated rings. The molecule has 2 aliphatic heterocycles. The van der Waals surface area contributed by atoms with Gasteiger partial charge in [0.1, 0.15) is 0 Å². The monoisotopic (exact) mass is 302 g/mol. The Bertz CT molecular complexity index is 578. The Morgan fingerprint density at radius 2 is 2.23 bits per heavy atom. The zero-order valence-electron chi connectivity index (χ0n) is 12.9. The first kappa shape index (κ1) is 14.8. The molecule has 1 aromatic heterocycles. The molecule has 2 aliphatic rings. The highest BCUT2D eigenvalue weighted by atomic mass is 16.2. The van der Waals surface area contributed by atoms with Gasteiger partial charge in [-0.3, -0.25) is 14.3 Å². The third-order valence-corrected chi connectivity index (χ3v) is 4.48. The highest BCUT2D eigenvalue weighted by Gasteiger charge is 2.35. The molecule has 2 amide bonds. The lowest BCUT2D eigenvalue weighted by atomic mass is 9.98. The van der Waals surface area contributed by atoms with Crippen LogP contribution in [0.1, 0.15) is 37.2 Å². The number of rotatable bonds is 4. The average Bonchev–Trinajstić information content (AvgIpc) is 2.89. The van der Waals surface area contributed by atoms with Gasteiger partial charge in [0.2, 0.25) is 11.8 Å². The molecule has 0 spiro atoms. The van der Waals surface area contributed by atoms with Crippen LogP contribution in [0.5, 0.6) is 0 Å². The molecular weight excluding hydrogens is 280 g/mol. The van der Waals surface area contributed by atoms with Crippen LogP contribution in [0.3, 0.4) is 0 Å². The van der Waals surface area contributed by atoms with Crippen LogP contribution in [0.2, 0.25) is 0 Å². The minimum atomic E-state index is -0.122. The summed E-state index contributed by atoms with van der Waals surface area (Å²) in [5.41, 5.74) is 2.18. The number of nitrogens with one attached hydrogen (secondary N) is 1. The van der Waals surface area contributed by atoms with Gasteiger partial charge in [0.15, 0.2) is 0 Å². The van der Waals surface area contributed by atoms with E-state index in [0.717, 1.165) is 18.7 Å². The lowest BCUT2D eigenvalue weighted by molar-refractivity contribution is -0.139. The quantitative estimate of drug-likeness (QED) is 0.845. The number of hydrogen-bond acceptors (Lipinski definition) is 3. The highest BCUT2D eigenvalue weighted by molar-refractivity contribution is 5.90. The van der Waals surface area contributed by atoms with Gasteiger partial charge >= 0.3 is 0 Å². The number of fused-ring (bicyclic) bond motifs is 1. The molecule has 6 heteroatoms. The van der Waals surface area contributed by atoms with E-state index in [1.54, 1.807) is 4.90 Å². The third kappa shape index (κ3) is 2.77. The lowest BCUT2D eigenvalue weighted by Gasteiger charge is -2.37. The van der Waals surface area contributed by atoms with Crippen LogP contribution in [0.15, 0.2) is 18.7 Å². The first-order valence-electron chi connectivity index (χ1n) is 7.87. The van der Waals surface area contributed by atoms with Crippen molar-refractivity contribution in [1.82, 2.24) is 20.0 Å². The predicted octanol–water partition coefficient (Wildman–Crippen LogP) is 1.04. The summed E-state index contributed by atoms with van der Waals surface area (Å²) in [6.07, 6.45) is 4.73. The van der Waals surface area contributed by atoms with Gasteiger partial charge in [0.05, 0.1) is 17.7 Å². The van der Waals surface area contributed by atoms with E-state index < -0.39 is 0 Å². The molecule has 1 saturated heterocycles. The summed E-state index contributed by atoms with van der Waals surface area (Å²) in [6, 6.07) is 1.99. The number of carbonyl (C=O) groups is 2. The molecule has 0 aromatic carbocycles. The highest BCUT2D eigenvalue weighted by Crippen LogP contribution is 2.21. The van der Waals surface area contributed by atoms with Crippen molar-refractivity contribution in [2.45, 2.75) is 38.8 Å². The molecule has 22 heavy (non-hydrogen) atoms. The molecule has 118 valence electrons. The van der Waals surface area contributed by atoms with Crippen LogP contribution >= 0.6 is 0 Å². The number of hydrogen-bond donors (Lipinski definition) is 1. The Kier molecular flexibility index (Phi) is 4.00. The Morgan fingerprint density at radius 3 is 2.91 bits per heavy atom. The number of nitrogens with zero attached hydrogens (tertiary/aromatic N) is 3. The van der Waals surface area contributed by atoms with Gasteiger partial charge in [-0.15, -0.1) is 0 Å². The van der Waals surface area contributed by atoms with Crippen LogP contribution in [0, 0.1) is 5.92 Å². The van der Waals surface area contributed by atoms with Gasteiger partial charge in [0, 0.05) is 25.3 Å². The van der Waals surface area contributed by atoms with Gasteiger partial charge in [-0.2, -0.15) is 5.10 Å². The van der Waals surface area contributed by atoms with E-state index >= 15 is 0 Å². The molecule has 0 aliphatic carbocycles. The summed E-state index contributed by atoms with van der Waals surface area (Å²) in [4.78, 5) is 25.2. The van der Waals surface area contributed by atoms with Gasteiger partial charge < -0.3 is 10.2 Å². The predicted molar refractivity (Wildman–Crippen MR) is 82.0 cm³/mol. The van der Waals surface area contributed by atoms with E-state index in [4.69, 9.17) is 0 Å². The zero-order chi connectivity index (χ0) is 15.7. The number of carbonyl (C=O) groups excluding carboxylic acids is 2. The molecule has 6 nitrogen and oxygen atoms in total. The van der Waals surface area contributed by atoms with Crippen LogP contribution in [0.4, 0.5) is 0 Å². The average molecular weight is 302 g/mol. The van der Waals surface area contributed by atoms with Gasteiger partial charge in [-0.05, 0) is 38.3 Å². The topological polar surface area (TPSA) is 67.2 Å². The smallest absolute Gasteiger partial charge is 0.246 e. The second-order valence-corrected chi connectivity index (χ2v) is 6.12. The fraction of sp³-hybridized carbons (Fsp3) is 0.562. The second kappa shape index (κ2) is 5.94. The van der Waals surface area contributed by atoms with Crippen LogP contribution in [0.25, 0.3) is 0 Å². The lowest BCUT2D eigenvalue weighted by Crippen LogP contribution is -2.55. The summed E-state index contributed by atoms with van der Waals surface area (Å²) in [6.45, 7) is 7.33. The van der Waals surface area contributed by atoms with Crippen molar-refractivity contribution in [2.24, 2.45) is 5.92 Å². The van der Waals surface area contributed by atoms with E-state index in [2.05, 4.69) is 27.7 Å². The Hall–Kier alpha value is -2.11. The fourth-order valence-corrected chi connectivity index (χ4v) is 3.01. The summed E-state index contributed by atoms with van der Waals surface area (Å²) in [7, 11) is 0. The molecule has 3 heterocycles. The van der Waals surface area contributed by atoms with Gasteiger partial charge in [-0.1, -0.05) is 6.58 Å². The molecular formula is C16H22N4O2. The van der Waals surface area contributed by atoms with Crippen LogP contribution in [-0.2, 0) is 22.6 Å². The van der Waals surface area contributed by atoms with Crippen molar-refractivity contribution in [1.29, 1.82) is 0 Å². The molecule has 1 unspecified atom stereocenters. The first-order valence-corrected chi connectivity index (χ1v) is 7.87. The van der Waals surface area contributed by atoms with Crippen molar-refractivity contribution >= 4 is 11.8 Å². The van der Waals surface area contributed by atoms with Crippen LogP contribution < -0.4 is 5.32 Å². The van der Waals surface area contributed by atoms with Crippen molar-refractivity contribution < 1.29 is 9.59 Å². The molecule has 0 radical (unpaired) electrons. The Morgan fingerprint density at radius 1 is 1.45 bits per heavy atom. The number of aromatic nitrogens is 2. The van der Waals surface area contributed by atoms with Gasteiger partial charge in [-0.25, -0.2) is 0 Å². The van der Waals surface area contributed by atoms with E-state index in [1.807, 2.05) is 6.92 Å². The summed E-state index contributed by atoms with van der Waals surface area (Å²) < 4.78 is 2.05. The summed E-state index contributed by atoms with van der Waals surface area (Å²) >= 11 is 0. The molecule has 1 aromatic rings.